The molecule has 0 bridgehead atoms. The van der Waals surface area contributed by atoms with Crippen molar-refractivity contribution < 1.29 is 33.5 Å². The zero-order chi connectivity index (χ0) is 21.8. The summed E-state index contributed by atoms with van der Waals surface area (Å²) in [5.41, 5.74) is 0. The van der Waals surface area contributed by atoms with E-state index in [9.17, 15) is 9.36 Å². The maximum absolute atomic E-state index is 11.6. The van der Waals surface area contributed by atoms with Gasteiger partial charge in [-0.1, -0.05) is 70.4 Å². The molecule has 7 nitrogen and oxygen atoms in total. The number of phosphoric acid groups is 1. The minimum absolute atomic E-state index is 0. The molecule has 1 unspecified atom stereocenters. The second-order valence-corrected chi connectivity index (χ2v) is 8.61. The van der Waals surface area contributed by atoms with Crippen molar-refractivity contribution in [3.05, 3.63) is 12.2 Å². The molecule has 0 amide bonds. The van der Waals surface area contributed by atoms with Gasteiger partial charge in [0, 0.05) is 6.42 Å². The molecule has 3 N–H and O–H groups in total. The van der Waals surface area contributed by atoms with E-state index in [1.54, 1.807) is 0 Å². The number of aliphatic hydroxyl groups excluding tert-OH is 1. The number of unbranched alkanes of at least 4 members (excludes halogenated alkanes) is 11. The molecule has 0 rings (SSSR count). The van der Waals surface area contributed by atoms with Crippen LogP contribution in [0.2, 0.25) is 0 Å². The fourth-order valence-corrected chi connectivity index (χ4v) is 3.42. The summed E-state index contributed by atoms with van der Waals surface area (Å²) >= 11 is 0. The molecule has 0 aliphatic heterocycles. The number of carbonyl (C=O) groups is 1. The van der Waals surface area contributed by atoms with E-state index in [4.69, 9.17) is 19.6 Å². The van der Waals surface area contributed by atoms with Crippen LogP contribution in [0.3, 0.4) is 0 Å². The fraction of sp³-hybridized carbons (Fsp3) is 0.857. The van der Waals surface area contributed by atoms with Crippen LogP contribution >= 0.6 is 7.82 Å². The summed E-state index contributed by atoms with van der Waals surface area (Å²) in [5.74, 6) is -0.449. The van der Waals surface area contributed by atoms with Crippen molar-refractivity contribution in [3.8, 4) is 0 Å². The zero-order valence-electron chi connectivity index (χ0n) is 18.0. The average Bonchev–Trinajstić information content (AvgIpc) is 2.67. The Morgan fingerprint density at radius 3 is 1.90 bits per heavy atom. The van der Waals surface area contributed by atoms with E-state index in [0.29, 0.717) is 0 Å². The van der Waals surface area contributed by atoms with E-state index in [1.165, 1.54) is 44.9 Å². The monoisotopic (exact) mass is 460 g/mol. The van der Waals surface area contributed by atoms with E-state index in [-0.39, 0.29) is 42.6 Å². The van der Waals surface area contributed by atoms with Crippen LogP contribution in [-0.4, -0.2) is 69.7 Å². The number of esters is 1. The third-order valence-corrected chi connectivity index (χ3v) is 5.14. The number of aliphatic hydroxyl groups is 1. The molecule has 174 valence electrons. The number of hydrogen-bond acceptors (Lipinski definition) is 5. The second kappa shape index (κ2) is 22.5. The van der Waals surface area contributed by atoms with Gasteiger partial charge < -0.3 is 19.6 Å². The summed E-state index contributed by atoms with van der Waals surface area (Å²) in [7, 11) is -4.71. The SMILES string of the molecule is CCCCCCCC/C=C\CCCCCCCC(=O)OCC(CO)OP(=O)(O)O.[NaH]. The van der Waals surface area contributed by atoms with Gasteiger partial charge in [0.15, 0.2) is 0 Å². The van der Waals surface area contributed by atoms with Crippen molar-refractivity contribution in [2.75, 3.05) is 13.2 Å². The van der Waals surface area contributed by atoms with Gasteiger partial charge in [0.25, 0.3) is 0 Å². The molecule has 0 aliphatic carbocycles. The molecular formula is C21H42NaO7P. The molecule has 1 atom stereocenters. The number of ether oxygens (including phenoxy) is 1. The second-order valence-electron chi connectivity index (χ2n) is 7.42. The van der Waals surface area contributed by atoms with Gasteiger partial charge in [-0.2, -0.15) is 0 Å². The Hall–Kier alpha value is 0.280. The van der Waals surface area contributed by atoms with Crippen LogP contribution in [0.4, 0.5) is 0 Å². The first-order chi connectivity index (χ1) is 13.9. The molecule has 0 saturated carbocycles. The first-order valence-electron chi connectivity index (χ1n) is 11.0. The Morgan fingerprint density at radius 2 is 1.40 bits per heavy atom. The molecule has 0 fully saturated rings. The molecule has 0 saturated heterocycles. The zero-order valence-corrected chi connectivity index (χ0v) is 18.9. The van der Waals surface area contributed by atoms with E-state index in [0.717, 1.165) is 38.5 Å². The molecule has 9 heteroatoms. The normalized spacial score (nSPS) is 12.7. The Morgan fingerprint density at radius 1 is 0.900 bits per heavy atom. The van der Waals surface area contributed by atoms with E-state index in [2.05, 4.69) is 23.6 Å². The summed E-state index contributed by atoms with van der Waals surface area (Å²) in [4.78, 5) is 28.9. The van der Waals surface area contributed by atoms with Crippen molar-refractivity contribution in [2.45, 2.75) is 103 Å². The Bertz CT molecular complexity index is 468. The van der Waals surface area contributed by atoms with Crippen LogP contribution in [0.15, 0.2) is 12.2 Å². The van der Waals surface area contributed by atoms with Gasteiger partial charge >= 0.3 is 43.3 Å². The first kappa shape index (κ1) is 32.5. The molecule has 0 aliphatic rings. The molecule has 0 radical (unpaired) electrons. The van der Waals surface area contributed by atoms with Crippen LogP contribution < -0.4 is 0 Å². The van der Waals surface area contributed by atoms with Gasteiger partial charge in [0.2, 0.25) is 0 Å². The number of rotatable bonds is 20. The summed E-state index contributed by atoms with van der Waals surface area (Å²) in [6.07, 6.45) is 19.0. The van der Waals surface area contributed by atoms with Crippen molar-refractivity contribution >= 4 is 43.3 Å². The van der Waals surface area contributed by atoms with E-state index in [1.807, 2.05) is 0 Å². The summed E-state index contributed by atoms with van der Waals surface area (Å²) in [6, 6.07) is 0. The predicted molar refractivity (Wildman–Crippen MR) is 122 cm³/mol. The van der Waals surface area contributed by atoms with Crippen molar-refractivity contribution in [3.63, 3.8) is 0 Å². The number of carbonyl (C=O) groups excluding carboxylic acids is 1. The minimum atomic E-state index is -4.71. The molecule has 0 aromatic heterocycles. The number of phosphoric ester groups is 1. The van der Waals surface area contributed by atoms with Gasteiger partial charge in [0.1, 0.15) is 12.7 Å². The van der Waals surface area contributed by atoms with Crippen LogP contribution in [0.1, 0.15) is 96.8 Å². The summed E-state index contributed by atoms with van der Waals surface area (Å²) < 4.78 is 19.9. The first-order valence-corrected chi connectivity index (χ1v) is 12.6. The van der Waals surface area contributed by atoms with Crippen molar-refractivity contribution in [1.29, 1.82) is 0 Å². The van der Waals surface area contributed by atoms with Gasteiger partial charge in [0.05, 0.1) is 6.61 Å². The van der Waals surface area contributed by atoms with Crippen molar-refractivity contribution in [2.24, 2.45) is 0 Å². The summed E-state index contributed by atoms with van der Waals surface area (Å²) in [5, 5.41) is 8.95. The number of hydrogen-bond donors (Lipinski definition) is 3. The van der Waals surface area contributed by atoms with Crippen LogP contribution in [0.25, 0.3) is 0 Å². The molecule has 0 aromatic rings. The topological polar surface area (TPSA) is 113 Å². The molecular weight excluding hydrogens is 418 g/mol. The van der Waals surface area contributed by atoms with E-state index >= 15 is 0 Å². The van der Waals surface area contributed by atoms with Gasteiger partial charge in [-0.15, -0.1) is 0 Å². The third-order valence-electron chi connectivity index (χ3n) is 4.56. The van der Waals surface area contributed by atoms with Gasteiger partial charge in [-0.25, -0.2) is 4.57 Å². The standard InChI is InChI=1S/C21H41O7P.Na.H/c1-2-3-4-5-6-7-8-9-10-11-12-13-14-15-16-17-21(23)27-19-20(18-22)28-29(24,25)26;;/h9-10,20,22H,2-8,11-19H2,1H3,(H2,24,25,26);;/b10-9-;;. The van der Waals surface area contributed by atoms with E-state index < -0.39 is 26.5 Å². The predicted octanol–water partition coefficient (Wildman–Crippen LogP) is 4.39. The molecule has 30 heavy (non-hydrogen) atoms. The maximum atomic E-state index is 11.6. The van der Waals surface area contributed by atoms with Crippen LogP contribution in [-0.2, 0) is 18.6 Å². The molecule has 0 spiro atoms. The van der Waals surface area contributed by atoms with Crippen LogP contribution in [0.5, 0.6) is 0 Å². The Labute approximate surface area is 204 Å². The van der Waals surface area contributed by atoms with Crippen molar-refractivity contribution in [1.82, 2.24) is 0 Å². The quantitative estimate of drug-likeness (QED) is 0.0812. The molecule has 0 heterocycles. The third kappa shape index (κ3) is 24.5. The Balaban J connectivity index is 0. The molecule has 0 aromatic carbocycles. The average molecular weight is 461 g/mol. The fourth-order valence-electron chi connectivity index (χ4n) is 2.91. The van der Waals surface area contributed by atoms with Gasteiger partial charge in [-0.3, -0.25) is 9.32 Å². The van der Waals surface area contributed by atoms with Gasteiger partial charge in [-0.05, 0) is 32.1 Å². The van der Waals surface area contributed by atoms with Crippen LogP contribution in [0, 0.1) is 0 Å². The summed E-state index contributed by atoms with van der Waals surface area (Å²) in [6.45, 7) is 1.24. The number of allylic oxidation sites excluding steroid dienone is 2. The Kier molecular flexibility index (Phi) is 24.3.